The van der Waals surface area contributed by atoms with Crippen molar-refractivity contribution in [3.05, 3.63) is 24.0 Å². The number of hydrogen-bond donors (Lipinski definition) is 1. The smallest absolute Gasteiger partial charge is 0.142 e. The molecule has 1 atom stereocenters. The van der Waals surface area contributed by atoms with Crippen LogP contribution in [0.15, 0.2) is 18.5 Å². The van der Waals surface area contributed by atoms with Crippen molar-refractivity contribution in [2.24, 2.45) is 11.1 Å². The third-order valence-corrected chi connectivity index (χ3v) is 3.01. The van der Waals surface area contributed by atoms with E-state index in [1.54, 1.807) is 12.4 Å². The van der Waals surface area contributed by atoms with Gasteiger partial charge in [0.25, 0.3) is 0 Å². The van der Waals surface area contributed by atoms with E-state index in [1.165, 1.54) is 0 Å². The van der Waals surface area contributed by atoms with E-state index in [0.717, 1.165) is 17.9 Å². The molecule has 1 saturated heterocycles. The molecule has 1 aliphatic rings. The van der Waals surface area contributed by atoms with Crippen LogP contribution in [0.2, 0.25) is 0 Å². The standard InChI is InChI=1S/C12H18N2O2/c1-12(2)8-16-11(12)7-15-10-6-14-4-3-9(10)5-13/h3-4,6,11H,5,7-8,13H2,1-2H3. The summed E-state index contributed by atoms with van der Waals surface area (Å²) in [6.45, 7) is 6.19. The molecule has 0 radical (unpaired) electrons. The number of hydrogen-bond acceptors (Lipinski definition) is 4. The number of nitrogens with zero attached hydrogens (tertiary/aromatic N) is 1. The second-order valence-corrected chi connectivity index (χ2v) is 4.79. The minimum absolute atomic E-state index is 0.165. The lowest BCUT2D eigenvalue weighted by Gasteiger charge is -2.43. The SMILES string of the molecule is CC1(C)COC1COc1cnccc1CN. The second-order valence-electron chi connectivity index (χ2n) is 4.79. The number of ether oxygens (including phenoxy) is 2. The highest BCUT2D eigenvalue weighted by Gasteiger charge is 2.40. The first-order valence-electron chi connectivity index (χ1n) is 5.51. The second kappa shape index (κ2) is 4.39. The third-order valence-electron chi connectivity index (χ3n) is 3.01. The van der Waals surface area contributed by atoms with E-state index < -0.39 is 0 Å². The molecule has 0 bridgehead atoms. The minimum Gasteiger partial charge on any atom is -0.489 e. The van der Waals surface area contributed by atoms with E-state index in [9.17, 15) is 0 Å². The monoisotopic (exact) mass is 222 g/mol. The molecular formula is C12H18N2O2. The topological polar surface area (TPSA) is 57.4 Å². The predicted octanol–water partition coefficient (Wildman–Crippen LogP) is 1.34. The van der Waals surface area contributed by atoms with Crippen LogP contribution < -0.4 is 10.5 Å². The van der Waals surface area contributed by atoms with Crippen LogP contribution in [0.3, 0.4) is 0 Å². The molecule has 0 aromatic carbocycles. The molecule has 2 rings (SSSR count). The molecule has 4 nitrogen and oxygen atoms in total. The molecule has 0 amide bonds. The lowest BCUT2D eigenvalue weighted by molar-refractivity contribution is -0.180. The van der Waals surface area contributed by atoms with Crippen LogP contribution >= 0.6 is 0 Å². The van der Waals surface area contributed by atoms with Gasteiger partial charge < -0.3 is 15.2 Å². The lowest BCUT2D eigenvalue weighted by Crippen LogP contribution is -2.50. The third kappa shape index (κ3) is 2.18. The van der Waals surface area contributed by atoms with Crippen molar-refractivity contribution in [2.75, 3.05) is 13.2 Å². The summed E-state index contributed by atoms with van der Waals surface area (Å²) in [4.78, 5) is 4.03. The van der Waals surface area contributed by atoms with E-state index in [1.807, 2.05) is 6.07 Å². The van der Waals surface area contributed by atoms with Crippen LogP contribution in [-0.2, 0) is 11.3 Å². The average Bonchev–Trinajstić information content (AvgIpc) is 2.28. The Kier molecular flexibility index (Phi) is 3.12. The molecule has 1 aromatic rings. The highest BCUT2D eigenvalue weighted by atomic mass is 16.6. The summed E-state index contributed by atoms with van der Waals surface area (Å²) < 4.78 is 11.2. The summed E-state index contributed by atoms with van der Waals surface area (Å²) in [7, 11) is 0. The Morgan fingerprint density at radius 3 is 3.00 bits per heavy atom. The number of pyridine rings is 1. The van der Waals surface area contributed by atoms with Crippen LogP contribution in [0.25, 0.3) is 0 Å². The van der Waals surface area contributed by atoms with Crippen LogP contribution in [0.5, 0.6) is 5.75 Å². The zero-order chi connectivity index (χ0) is 11.6. The number of aromatic nitrogens is 1. The summed E-state index contributed by atoms with van der Waals surface area (Å²) in [5.41, 5.74) is 6.81. The molecule has 1 aromatic heterocycles. The summed E-state index contributed by atoms with van der Waals surface area (Å²) in [6, 6.07) is 1.88. The van der Waals surface area contributed by atoms with E-state index in [0.29, 0.717) is 13.2 Å². The molecule has 0 saturated carbocycles. The Hall–Kier alpha value is -1.13. The van der Waals surface area contributed by atoms with Gasteiger partial charge in [0, 0.05) is 23.7 Å². The van der Waals surface area contributed by atoms with E-state index >= 15 is 0 Å². The first kappa shape index (κ1) is 11.4. The molecule has 0 spiro atoms. The molecule has 16 heavy (non-hydrogen) atoms. The fraction of sp³-hybridized carbons (Fsp3) is 0.583. The first-order chi connectivity index (χ1) is 7.63. The maximum absolute atomic E-state index is 5.70. The van der Waals surface area contributed by atoms with Crippen LogP contribution in [0.4, 0.5) is 0 Å². The molecule has 88 valence electrons. The quantitative estimate of drug-likeness (QED) is 0.835. The van der Waals surface area contributed by atoms with Gasteiger partial charge >= 0.3 is 0 Å². The summed E-state index contributed by atoms with van der Waals surface area (Å²) in [5, 5.41) is 0. The van der Waals surface area contributed by atoms with Crippen molar-refractivity contribution in [3.8, 4) is 5.75 Å². The molecule has 1 unspecified atom stereocenters. The zero-order valence-electron chi connectivity index (χ0n) is 9.77. The summed E-state index contributed by atoms with van der Waals surface area (Å²) in [6.07, 6.45) is 3.59. The predicted molar refractivity (Wildman–Crippen MR) is 61.1 cm³/mol. The zero-order valence-corrected chi connectivity index (χ0v) is 9.77. The van der Waals surface area contributed by atoms with Crippen molar-refractivity contribution in [3.63, 3.8) is 0 Å². The van der Waals surface area contributed by atoms with E-state index in [2.05, 4.69) is 18.8 Å². The van der Waals surface area contributed by atoms with Crippen LogP contribution in [0.1, 0.15) is 19.4 Å². The maximum atomic E-state index is 5.70. The van der Waals surface area contributed by atoms with Gasteiger partial charge in [-0.25, -0.2) is 0 Å². The molecule has 0 aliphatic carbocycles. The normalized spacial score (nSPS) is 22.6. The Balaban J connectivity index is 1.94. The average molecular weight is 222 g/mol. The fourth-order valence-electron chi connectivity index (χ4n) is 1.68. The van der Waals surface area contributed by atoms with Gasteiger partial charge in [0.1, 0.15) is 12.4 Å². The van der Waals surface area contributed by atoms with Crippen molar-refractivity contribution < 1.29 is 9.47 Å². The Morgan fingerprint density at radius 2 is 2.44 bits per heavy atom. The highest BCUT2D eigenvalue weighted by Crippen LogP contribution is 2.34. The molecule has 1 fully saturated rings. The summed E-state index contributed by atoms with van der Waals surface area (Å²) >= 11 is 0. The van der Waals surface area contributed by atoms with Crippen molar-refractivity contribution in [1.82, 2.24) is 4.98 Å². The van der Waals surface area contributed by atoms with Crippen molar-refractivity contribution >= 4 is 0 Å². The Bertz CT molecular complexity index is 366. The van der Waals surface area contributed by atoms with Gasteiger partial charge in [-0.15, -0.1) is 0 Å². The van der Waals surface area contributed by atoms with Gasteiger partial charge in [0.2, 0.25) is 0 Å². The number of rotatable bonds is 4. The Labute approximate surface area is 95.8 Å². The van der Waals surface area contributed by atoms with Gasteiger partial charge in [-0.3, -0.25) is 4.98 Å². The van der Waals surface area contributed by atoms with E-state index in [-0.39, 0.29) is 11.5 Å². The molecule has 4 heteroatoms. The number of nitrogens with two attached hydrogens (primary N) is 1. The molecule has 2 N–H and O–H groups in total. The highest BCUT2D eigenvalue weighted by molar-refractivity contribution is 5.29. The van der Waals surface area contributed by atoms with Gasteiger partial charge in [-0.1, -0.05) is 13.8 Å². The van der Waals surface area contributed by atoms with E-state index in [4.69, 9.17) is 15.2 Å². The van der Waals surface area contributed by atoms with Gasteiger partial charge in [0.05, 0.1) is 18.9 Å². The van der Waals surface area contributed by atoms with Crippen LogP contribution in [-0.4, -0.2) is 24.3 Å². The molecular weight excluding hydrogens is 204 g/mol. The van der Waals surface area contributed by atoms with Gasteiger partial charge in [0.15, 0.2) is 0 Å². The lowest BCUT2D eigenvalue weighted by atomic mass is 9.83. The molecule has 1 aliphatic heterocycles. The maximum Gasteiger partial charge on any atom is 0.142 e. The van der Waals surface area contributed by atoms with Gasteiger partial charge in [-0.2, -0.15) is 0 Å². The summed E-state index contributed by atoms with van der Waals surface area (Å²) in [5.74, 6) is 0.760. The minimum atomic E-state index is 0.165. The largest absolute Gasteiger partial charge is 0.489 e. The first-order valence-corrected chi connectivity index (χ1v) is 5.51. The van der Waals surface area contributed by atoms with Gasteiger partial charge in [-0.05, 0) is 6.07 Å². The van der Waals surface area contributed by atoms with Crippen molar-refractivity contribution in [2.45, 2.75) is 26.5 Å². The molecule has 2 heterocycles. The van der Waals surface area contributed by atoms with Crippen molar-refractivity contribution in [1.29, 1.82) is 0 Å². The van der Waals surface area contributed by atoms with Crippen LogP contribution in [0, 0.1) is 5.41 Å². The Morgan fingerprint density at radius 1 is 1.62 bits per heavy atom. The fourth-order valence-corrected chi connectivity index (χ4v) is 1.68.